The molecule has 1 fully saturated rings. The van der Waals surface area contributed by atoms with Gasteiger partial charge in [0, 0.05) is 6.04 Å². The van der Waals surface area contributed by atoms with E-state index < -0.39 is 0 Å². The van der Waals surface area contributed by atoms with Crippen LogP contribution in [0.15, 0.2) is 30.3 Å². The lowest BCUT2D eigenvalue weighted by Gasteiger charge is -2.22. The van der Waals surface area contributed by atoms with Gasteiger partial charge in [0.05, 0.1) is 0 Å². The third kappa shape index (κ3) is 4.11. The zero-order chi connectivity index (χ0) is 12.6. The Kier molecular flexibility index (Phi) is 5.69. The molecule has 1 heterocycles. The Hall–Kier alpha value is -0.860. The molecule has 100 valence electrons. The van der Waals surface area contributed by atoms with Crippen molar-refractivity contribution in [2.24, 2.45) is 0 Å². The van der Waals surface area contributed by atoms with Crippen LogP contribution < -0.4 is 5.32 Å². The summed E-state index contributed by atoms with van der Waals surface area (Å²) in [6, 6.07) is 11.4. The van der Waals surface area contributed by atoms with Crippen molar-refractivity contribution >= 4 is 0 Å². The maximum Gasteiger partial charge on any atom is 0.0332 e. The van der Waals surface area contributed by atoms with Crippen molar-refractivity contribution < 1.29 is 0 Å². The predicted octanol–water partition coefficient (Wildman–Crippen LogP) is 3.21. The fourth-order valence-electron chi connectivity index (χ4n) is 2.71. The van der Waals surface area contributed by atoms with Crippen LogP contribution in [0.3, 0.4) is 0 Å². The van der Waals surface area contributed by atoms with Gasteiger partial charge in [-0.25, -0.2) is 0 Å². The number of nitrogens with zero attached hydrogens (tertiary/aromatic N) is 1. The van der Waals surface area contributed by atoms with Gasteiger partial charge in [0.15, 0.2) is 0 Å². The van der Waals surface area contributed by atoms with Crippen molar-refractivity contribution in [1.82, 2.24) is 10.2 Å². The van der Waals surface area contributed by atoms with Crippen LogP contribution in [0.2, 0.25) is 0 Å². The molecule has 1 unspecified atom stereocenters. The average Bonchev–Trinajstić information content (AvgIpc) is 2.93. The van der Waals surface area contributed by atoms with Gasteiger partial charge in [-0.3, -0.25) is 0 Å². The molecule has 0 saturated carbocycles. The molecule has 2 rings (SSSR count). The lowest BCUT2D eigenvalue weighted by Crippen LogP contribution is -2.28. The molecule has 2 nitrogen and oxygen atoms in total. The highest BCUT2D eigenvalue weighted by Gasteiger charge is 2.15. The molecule has 18 heavy (non-hydrogen) atoms. The third-order valence-corrected chi connectivity index (χ3v) is 3.78. The maximum absolute atomic E-state index is 3.68. The Morgan fingerprint density at radius 1 is 1.17 bits per heavy atom. The van der Waals surface area contributed by atoms with Crippen molar-refractivity contribution in [3.8, 4) is 0 Å². The molecular weight excluding hydrogens is 220 g/mol. The smallest absolute Gasteiger partial charge is 0.0332 e. The average molecular weight is 246 g/mol. The third-order valence-electron chi connectivity index (χ3n) is 3.78. The Morgan fingerprint density at radius 3 is 2.56 bits per heavy atom. The summed E-state index contributed by atoms with van der Waals surface area (Å²) < 4.78 is 0. The minimum absolute atomic E-state index is 0.520. The fraction of sp³-hybridized carbons (Fsp3) is 0.625. The number of nitrogens with one attached hydrogen (secondary N) is 1. The summed E-state index contributed by atoms with van der Waals surface area (Å²) in [5.74, 6) is 0. The normalized spacial score (nSPS) is 18.1. The lowest BCUT2D eigenvalue weighted by molar-refractivity contribution is 0.310. The molecule has 0 spiro atoms. The van der Waals surface area contributed by atoms with Gasteiger partial charge >= 0.3 is 0 Å². The van der Waals surface area contributed by atoms with Crippen molar-refractivity contribution in [1.29, 1.82) is 0 Å². The Morgan fingerprint density at radius 2 is 1.89 bits per heavy atom. The van der Waals surface area contributed by atoms with E-state index >= 15 is 0 Å². The molecule has 0 radical (unpaired) electrons. The summed E-state index contributed by atoms with van der Waals surface area (Å²) >= 11 is 0. The van der Waals surface area contributed by atoms with Gasteiger partial charge in [0.1, 0.15) is 0 Å². The van der Waals surface area contributed by atoms with E-state index in [-0.39, 0.29) is 0 Å². The summed E-state index contributed by atoms with van der Waals surface area (Å²) in [6.07, 6.45) is 5.20. The second kappa shape index (κ2) is 7.55. The fourth-order valence-corrected chi connectivity index (χ4v) is 2.71. The van der Waals surface area contributed by atoms with E-state index in [4.69, 9.17) is 0 Å². The predicted molar refractivity (Wildman–Crippen MR) is 77.8 cm³/mol. The molecule has 1 atom stereocenters. The topological polar surface area (TPSA) is 15.3 Å². The van der Waals surface area contributed by atoms with Crippen molar-refractivity contribution in [2.75, 3.05) is 26.2 Å². The summed E-state index contributed by atoms with van der Waals surface area (Å²) in [4.78, 5) is 2.60. The van der Waals surface area contributed by atoms with Crippen LogP contribution in [0.1, 0.15) is 44.2 Å². The van der Waals surface area contributed by atoms with E-state index in [1.54, 1.807) is 0 Å². The van der Waals surface area contributed by atoms with Gasteiger partial charge in [-0.15, -0.1) is 0 Å². The first-order valence-electron chi connectivity index (χ1n) is 7.41. The second-order valence-electron chi connectivity index (χ2n) is 5.25. The molecule has 1 aromatic rings. The SMILES string of the molecule is CCCNC(CCN1CCCC1)c1ccccc1. The van der Waals surface area contributed by atoms with Gasteiger partial charge in [0.2, 0.25) is 0 Å². The van der Waals surface area contributed by atoms with Crippen molar-refractivity contribution in [2.45, 2.75) is 38.6 Å². The minimum atomic E-state index is 0.520. The van der Waals surface area contributed by atoms with Gasteiger partial charge in [-0.1, -0.05) is 37.3 Å². The number of rotatable bonds is 7. The van der Waals surface area contributed by atoms with Gasteiger partial charge < -0.3 is 10.2 Å². The van der Waals surface area contributed by atoms with Gasteiger partial charge in [-0.2, -0.15) is 0 Å². The molecule has 1 aliphatic rings. The monoisotopic (exact) mass is 246 g/mol. The van der Waals surface area contributed by atoms with Gasteiger partial charge in [0.25, 0.3) is 0 Å². The molecule has 1 N–H and O–H groups in total. The highest BCUT2D eigenvalue weighted by molar-refractivity contribution is 5.18. The standard InChI is InChI=1S/C16H26N2/c1-2-11-17-16(15-8-4-3-5-9-15)10-14-18-12-6-7-13-18/h3-5,8-9,16-17H,2,6-7,10-14H2,1H3. The molecule has 1 aliphatic heterocycles. The Bertz CT molecular complexity index is 317. The summed E-state index contributed by atoms with van der Waals surface area (Å²) in [5, 5.41) is 3.68. The maximum atomic E-state index is 3.68. The quantitative estimate of drug-likeness (QED) is 0.794. The van der Waals surface area contributed by atoms with Crippen LogP contribution in [-0.2, 0) is 0 Å². The van der Waals surface area contributed by atoms with Crippen LogP contribution in [-0.4, -0.2) is 31.1 Å². The molecule has 2 heteroatoms. The van der Waals surface area contributed by atoms with Crippen molar-refractivity contribution in [3.05, 3.63) is 35.9 Å². The zero-order valence-corrected chi connectivity index (χ0v) is 11.6. The van der Waals surface area contributed by atoms with Crippen LogP contribution in [0.25, 0.3) is 0 Å². The van der Waals surface area contributed by atoms with Gasteiger partial charge in [-0.05, 0) is 57.4 Å². The number of likely N-dealkylation sites (tertiary alicyclic amines) is 1. The lowest BCUT2D eigenvalue weighted by atomic mass is 10.0. The molecule has 0 bridgehead atoms. The summed E-state index contributed by atoms with van der Waals surface area (Å²) in [7, 11) is 0. The van der Waals surface area contributed by atoms with E-state index in [2.05, 4.69) is 47.5 Å². The largest absolute Gasteiger partial charge is 0.310 e. The molecule has 0 aromatic heterocycles. The Balaban J connectivity index is 1.87. The highest BCUT2D eigenvalue weighted by Crippen LogP contribution is 2.18. The van der Waals surface area contributed by atoms with Crippen molar-refractivity contribution in [3.63, 3.8) is 0 Å². The molecule has 1 saturated heterocycles. The molecule has 1 aromatic carbocycles. The summed E-state index contributed by atoms with van der Waals surface area (Å²) in [5.41, 5.74) is 1.44. The first kappa shape index (κ1) is 13.6. The minimum Gasteiger partial charge on any atom is -0.310 e. The zero-order valence-electron chi connectivity index (χ0n) is 11.6. The van der Waals surface area contributed by atoms with E-state index in [0.717, 1.165) is 6.54 Å². The first-order chi connectivity index (χ1) is 8.90. The van der Waals surface area contributed by atoms with E-state index in [9.17, 15) is 0 Å². The van der Waals surface area contributed by atoms with E-state index in [0.29, 0.717) is 6.04 Å². The number of hydrogen-bond donors (Lipinski definition) is 1. The van der Waals surface area contributed by atoms with Crippen LogP contribution in [0, 0.1) is 0 Å². The van der Waals surface area contributed by atoms with Crippen LogP contribution in [0.5, 0.6) is 0 Å². The molecule has 0 aliphatic carbocycles. The van der Waals surface area contributed by atoms with Crippen LogP contribution >= 0.6 is 0 Å². The highest BCUT2D eigenvalue weighted by atomic mass is 15.1. The molecule has 0 amide bonds. The van der Waals surface area contributed by atoms with Crippen LogP contribution in [0.4, 0.5) is 0 Å². The second-order valence-corrected chi connectivity index (χ2v) is 5.25. The first-order valence-corrected chi connectivity index (χ1v) is 7.41. The number of benzene rings is 1. The molecular formula is C16H26N2. The number of hydrogen-bond acceptors (Lipinski definition) is 2. The summed E-state index contributed by atoms with van der Waals surface area (Å²) in [6.45, 7) is 7.18. The Labute approximate surface area is 111 Å². The van der Waals surface area contributed by atoms with E-state index in [1.807, 2.05) is 0 Å². The van der Waals surface area contributed by atoms with E-state index in [1.165, 1.54) is 50.9 Å².